The molecule has 0 saturated heterocycles. The summed E-state index contributed by atoms with van der Waals surface area (Å²) >= 11 is 0. The van der Waals surface area contributed by atoms with E-state index in [0.717, 1.165) is 7.11 Å². The van der Waals surface area contributed by atoms with E-state index in [9.17, 15) is 0 Å². The Balaban J connectivity index is -0.00000000167. The Bertz CT molecular complexity index is 9.61. The molecule has 0 fully saturated rings. The van der Waals surface area contributed by atoms with Gasteiger partial charge in [-0.15, -0.1) is 0 Å². The molecule has 0 aromatic carbocycles. The van der Waals surface area contributed by atoms with Crippen molar-refractivity contribution in [3.05, 3.63) is 0 Å². The van der Waals surface area contributed by atoms with E-state index in [1.165, 1.54) is 0 Å². The Morgan fingerprint density at radius 2 is 1.20 bits per heavy atom. The van der Waals surface area contributed by atoms with Gasteiger partial charge in [0, 0.05) is 58.4 Å². The predicted molar refractivity (Wildman–Crippen MR) is 11.8 cm³/mol. The summed E-state index contributed by atoms with van der Waals surface area (Å²) in [7, 11) is 1.00. The molecular formula is CH6O2VY. The fraction of sp³-hybridized carbons (Fsp3) is 1.00. The van der Waals surface area contributed by atoms with Gasteiger partial charge in [-0.1, -0.05) is 0 Å². The molecule has 0 spiro atoms. The van der Waals surface area contributed by atoms with Crippen LogP contribution < -0.4 is 0 Å². The number of rotatable bonds is 0. The largest absolute Gasteiger partial charge is 0.412 e. The normalized spacial score (nSPS) is 1.20. The molecule has 0 aromatic rings. The summed E-state index contributed by atoms with van der Waals surface area (Å²) in [6.07, 6.45) is 0. The summed E-state index contributed by atoms with van der Waals surface area (Å²) in [6.45, 7) is 0. The van der Waals surface area contributed by atoms with Gasteiger partial charge < -0.3 is 10.6 Å². The zero-order valence-corrected chi connectivity index (χ0v) is 7.21. The second-order valence-corrected chi connectivity index (χ2v) is 0. The molecule has 0 aliphatic rings. The molecule has 0 atom stereocenters. The van der Waals surface area contributed by atoms with E-state index >= 15 is 0 Å². The monoisotopic (exact) mass is 190 g/mol. The van der Waals surface area contributed by atoms with Crippen molar-refractivity contribution in [1.82, 2.24) is 0 Å². The Labute approximate surface area is 68.4 Å². The van der Waals surface area contributed by atoms with Gasteiger partial charge in [0.05, 0.1) is 0 Å². The molecule has 0 bridgehead atoms. The van der Waals surface area contributed by atoms with Crippen molar-refractivity contribution < 1.29 is 61.8 Å². The van der Waals surface area contributed by atoms with Crippen molar-refractivity contribution in [1.29, 1.82) is 0 Å². The van der Waals surface area contributed by atoms with Crippen molar-refractivity contribution in [3.63, 3.8) is 0 Å². The molecule has 0 amide bonds. The minimum Gasteiger partial charge on any atom is -0.412 e. The van der Waals surface area contributed by atoms with Crippen LogP contribution in [0, 0.1) is 0 Å². The van der Waals surface area contributed by atoms with E-state index in [1.807, 2.05) is 0 Å². The van der Waals surface area contributed by atoms with E-state index in [-0.39, 0.29) is 56.7 Å². The van der Waals surface area contributed by atoms with Crippen LogP contribution in [0.1, 0.15) is 0 Å². The van der Waals surface area contributed by atoms with E-state index in [0.29, 0.717) is 0 Å². The van der Waals surface area contributed by atoms with E-state index in [4.69, 9.17) is 5.11 Å². The van der Waals surface area contributed by atoms with Crippen LogP contribution in [0.4, 0.5) is 0 Å². The van der Waals surface area contributed by atoms with Crippen LogP contribution in [0.3, 0.4) is 0 Å². The van der Waals surface area contributed by atoms with Crippen LogP contribution in [0.5, 0.6) is 0 Å². The average molecular weight is 190 g/mol. The van der Waals surface area contributed by atoms with Gasteiger partial charge in [0.2, 0.25) is 0 Å². The Morgan fingerprint density at radius 3 is 1.20 bits per heavy atom. The molecule has 2 radical (unpaired) electrons. The summed E-state index contributed by atoms with van der Waals surface area (Å²) in [4.78, 5) is 0. The van der Waals surface area contributed by atoms with Gasteiger partial charge in [0.1, 0.15) is 0 Å². The predicted octanol–water partition coefficient (Wildman–Crippen LogP) is -1.22. The van der Waals surface area contributed by atoms with Crippen molar-refractivity contribution in [2.45, 2.75) is 0 Å². The number of hydrogen-bond acceptors (Lipinski definition) is 1. The number of aliphatic hydroxyl groups is 1. The van der Waals surface area contributed by atoms with Gasteiger partial charge in [-0.05, 0) is 0 Å². The number of hydrogen-bond donors (Lipinski definition) is 1. The first-order valence-corrected chi connectivity index (χ1v) is 0.447. The molecule has 30 valence electrons. The molecule has 3 N–H and O–H groups in total. The fourth-order valence-electron chi connectivity index (χ4n) is 0. The second-order valence-electron chi connectivity index (χ2n) is 0. The van der Waals surface area contributed by atoms with Gasteiger partial charge in [-0.25, -0.2) is 0 Å². The summed E-state index contributed by atoms with van der Waals surface area (Å²) < 4.78 is 0. The molecule has 0 aromatic heterocycles. The summed E-state index contributed by atoms with van der Waals surface area (Å²) in [6, 6.07) is 0. The molecular weight excluding hydrogens is 184 g/mol. The van der Waals surface area contributed by atoms with Crippen LogP contribution in [0.2, 0.25) is 0 Å². The third-order valence-electron chi connectivity index (χ3n) is 0. The third kappa shape index (κ3) is 28.2. The first kappa shape index (κ1) is 30.6. The Morgan fingerprint density at radius 1 is 1.20 bits per heavy atom. The second kappa shape index (κ2) is 46.0. The van der Waals surface area contributed by atoms with Crippen LogP contribution >= 0.6 is 0 Å². The van der Waals surface area contributed by atoms with E-state index < -0.39 is 0 Å². The maximum absolute atomic E-state index is 7.00. The summed E-state index contributed by atoms with van der Waals surface area (Å²) in [5, 5.41) is 7.00. The molecule has 2 nitrogen and oxygen atoms in total. The van der Waals surface area contributed by atoms with Gasteiger partial charge >= 0.3 is 0 Å². The summed E-state index contributed by atoms with van der Waals surface area (Å²) in [5.41, 5.74) is 0. The van der Waals surface area contributed by atoms with Crippen molar-refractivity contribution in [2.75, 3.05) is 7.11 Å². The van der Waals surface area contributed by atoms with Crippen molar-refractivity contribution in [3.8, 4) is 0 Å². The SMILES string of the molecule is CO.O.[V].[Y]. The van der Waals surface area contributed by atoms with Gasteiger partial charge in [-0.3, -0.25) is 0 Å². The smallest absolute Gasteiger partial charge is 0.0319 e. The Hall–Kier alpha value is 1.61. The minimum absolute atomic E-state index is 0. The maximum atomic E-state index is 7.00. The van der Waals surface area contributed by atoms with Gasteiger partial charge in [0.25, 0.3) is 0 Å². The Kier molecular flexibility index (Phi) is 281. The van der Waals surface area contributed by atoms with Crippen LogP contribution in [-0.2, 0) is 51.3 Å². The van der Waals surface area contributed by atoms with Gasteiger partial charge in [-0.2, -0.15) is 0 Å². The molecule has 5 heavy (non-hydrogen) atoms. The van der Waals surface area contributed by atoms with E-state index in [2.05, 4.69) is 0 Å². The molecule has 4 heteroatoms. The average Bonchev–Trinajstić information content (AvgIpc) is 1.00. The first-order chi connectivity index (χ1) is 1.00. The fourth-order valence-corrected chi connectivity index (χ4v) is 0. The van der Waals surface area contributed by atoms with Crippen molar-refractivity contribution in [2.24, 2.45) is 0 Å². The molecule has 0 unspecified atom stereocenters. The zero-order valence-electron chi connectivity index (χ0n) is 2.97. The molecule has 0 aliphatic carbocycles. The van der Waals surface area contributed by atoms with Crippen LogP contribution in [0.15, 0.2) is 0 Å². The van der Waals surface area contributed by atoms with Crippen LogP contribution in [0.25, 0.3) is 0 Å². The minimum atomic E-state index is 0. The molecule has 0 aliphatic heterocycles. The third-order valence-corrected chi connectivity index (χ3v) is 0. The quantitative estimate of drug-likeness (QED) is 0.511. The first-order valence-electron chi connectivity index (χ1n) is 0.447. The zero-order chi connectivity index (χ0) is 2.00. The molecule has 0 heterocycles. The maximum Gasteiger partial charge on any atom is 0.0319 e. The summed E-state index contributed by atoms with van der Waals surface area (Å²) in [5.74, 6) is 0. The standard InChI is InChI=1S/CH4O.H2O.V.Y/c1-2;;;/h2H,1H3;1H2;;. The topological polar surface area (TPSA) is 51.7 Å². The molecule has 0 rings (SSSR count). The molecule has 0 saturated carbocycles. The number of aliphatic hydroxyl groups excluding tert-OH is 1. The van der Waals surface area contributed by atoms with Crippen molar-refractivity contribution >= 4 is 0 Å². The van der Waals surface area contributed by atoms with Gasteiger partial charge in [0.15, 0.2) is 0 Å². The van der Waals surface area contributed by atoms with E-state index in [1.54, 1.807) is 0 Å². The van der Waals surface area contributed by atoms with Crippen LogP contribution in [-0.4, -0.2) is 17.7 Å².